The number of aromatic nitrogens is 1. The van der Waals surface area contributed by atoms with Gasteiger partial charge in [-0.2, -0.15) is 11.3 Å². The van der Waals surface area contributed by atoms with Crippen LogP contribution >= 0.6 is 11.3 Å². The maximum absolute atomic E-state index is 4.18. The van der Waals surface area contributed by atoms with Crippen molar-refractivity contribution in [3.63, 3.8) is 0 Å². The number of hydrogen-bond acceptors (Lipinski definition) is 2. The van der Waals surface area contributed by atoms with Crippen LogP contribution in [0, 0.1) is 0 Å². The van der Waals surface area contributed by atoms with E-state index >= 15 is 0 Å². The highest BCUT2D eigenvalue weighted by atomic mass is 32.1. The molecule has 0 amide bonds. The molecule has 0 atom stereocenters. The molecule has 0 aliphatic heterocycles. The second-order valence-electron chi connectivity index (χ2n) is 2.99. The zero-order valence-electron chi connectivity index (χ0n) is 8.21. The summed E-state index contributed by atoms with van der Waals surface area (Å²) in [5.74, 6) is 0. The molecular formula is C13H11NS. The number of thiophene rings is 1. The Bertz CT molecular complexity index is 420. The molecule has 74 valence electrons. The second kappa shape index (κ2) is 5.27. The largest absolute Gasteiger partial charge is 0.256 e. The summed E-state index contributed by atoms with van der Waals surface area (Å²) < 4.78 is 0. The molecule has 2 heterocycles. The van der Waals surface area contributed by atoms with Crippen molar-refractivity contribution in [1.82, 2.24) is 4.98 Å². The lowest BCUT2D eigenvalue weighted by Crippen LogP contribution is -1.73. The average Bonchev–Trinajstić information content (AvgIpc) is 2.88. The van der Waals surface area contributed by atoms with Crippen molar-refractivity contribution < 1.29 is 0 Å². The van der Waals surface area contributed by atoms with Crippen LogP contribution in [-0.4, -0.2) is 4.98 Å². The standard InChI is InChI=1S/C9H7N.C4H4S/c1-2-6-9-8(4-1)5-3-7-10-9;1-2-4-5-3-1/h1-7H;1-4H. The van der Waals surface area contributed by atoms with Crippen molar-refractivity contribution in [2.75, 3.05) is 0 Å². The molecule has 3 aromatic rings. The molecule has 3 rings (SSSR count). The molecule has 0 unspecified atom stereocenters. The van der Waals surface area contributed by atoms with Crippen LogP contribution in [0.4, 0.5) is 0 Å². The van der Waals surface area contributed by atoms with E-state index in [1.807, 2.05) is 53.4 Å². The van der Waals surface area contributed by atoms with E-state index in [1.165, 1.54) is 5.39 Å². The van der Waals surface area contributed by atoms with E-state index in [0.717, 1.165) is 5.52 Å². The molecule has 0 fully saturated rings. The monoisotopic (exact) mass is 213 g/mol. The highest BCUT2D eigenvalue weighted by Gasteiger charge is 1.86. The Morgan fingerprint density at radius 2 is 1.53 bits per heavy atom. The van der Waals surface area contributed by atoms with E-state index in [9.17, 15) is 0 Å². The van der Waals surface area contributed by atoms with Gasteiger partial charge in [0.1, 0.15) is 0 Å². The van der Waals surface area contributed by atoms with Gasteiger partial charge in [-0.25, -0.2) is 0 Å². The predicted molar refractivity (Wildman–Crippen MR) is 66.1 cm³/mol. The molecule has 2 heteroatoms. The third-order valence-corrected chi connectivity index (χ3v) is 2.57. The van der Waals surface area contributed by atoms with Gasteiger partial charge >= 0.3 is 0 Å². The quantitative estimate of drug-likeness (QED) is 0.550. The van der Waals surface area contributed by atoms with Gasteiger partial charge in [0.05, 0.1) is 5.52 Å². The first-order valence-corrected chi connectivity index (χ1v) is 5.68. The molecule has 0 bridgehead atoms. The number of rotatable bonds is 0. The lowest BCUT2D eigenvalue weighted by atomic mass is 10.2. The summed E-state index contributed by atoms with van der Waals surface area (Å²) in [6.45, 7) is 0. The number of hydrogen-bond donors (Lipinski definition) is 0. The molecule has 15 heavy (non-hydrogen) atoms. The SMILES string of the molecule is c1ccc2ncccc2c1.c1ccsc1. The van der Waals surface area contributed by atoms with E-state index in [2.05, 4.69) is 17.1 Å². The van der Waals surface area contributed by atoms with E-state index in [4.69, 9.17) is 0 Å². The van der Waals surface area contributed by atoms with Gasteiger partial charge in [-0.1, -0.05) is 36.4 Å². The van der Waals surface area contributed by atoms with Gasteiger partial charge in [-0.05, 0) is 22.9 Å². The van der Waals surface area contributed by atoms with Gasteiger partial charge in [0.15, 0.2) is 0 Å². The molecule has 1 aromatic carbocycles. The van der Waals surface area contributed by atoms with Crippen LogP contribution in [0.1, 0.15) is 0 Å². The molecule has 2 aromatic heterocycles. The molecule has 0 radical (unpaired) electrons. The third-order valence-electron chi connectivity index (χ3n) is 1.94. The molecule has 0 spiro atoms. The highest BCUT2D eigenvalue weighted by Crippen LogP contribution is 2.07. The first-order chi connectivity index (χ1) is 7.47. The van der Waals surface area contributed by atoms with Gasteiger partial charge in [0.2, 0.25) is 0 Å². The van der Waals surface area contributed by atoms with E-state index in [1.54, 1.807) is 11.3 Å². The van der Waals surface area contributed by atoms with Gasteiger partial charge in [0.25, 0.3) is 0 Å². The molecule has 0 saturated heterocycles. The Morgan fingerprint density at radius 3 is 2.20 bits per heavy atom. The Morgan fingerprint density at radius 1 is 0.800 bits per heavy atom. The normalized spacial score (nSPS) is 9.33. The summed E-state index contributed by atoms with van der Waals surface area (Å²) in [5, 5.41) is 5.28. The fourth-order valence-corrected chi connectivity index (χ4v) is 1.70. The molecule has 0 N–H and O–H groups in total. The highest BCUT2D eigenvalue weighted by molar-refractivity contribution is 7.07. The van der Waals surface area contributed by atoms with Crippen molar-refractivity contribution in [1.29, 1.82) is 0 Å². The van der Waals surface area contributed by atoms with Crippen molar-refractivity contribution >= 4 is 22.2 Å². The molecule has 0 saturated carbocycles. The second-order valence-corrected chi connectivity index (χ2v) is 3.81. The van der Waals surface area contributed by atoms with Crippen molar-refractivity contribution in [2.45, 2.75) is 0 Å². The summed E-state index contributed by atoms with van der Waals surface area (Å²) in [5.41, 5.74) is 1.06. The van der Waals surface area contributed by atoms with E-state index in [-0.39, 0.29) is 0 Å². The summed E-state index contributed by atoms with van der Waals surface area (Å²) in [4.78, 5) is 4.18. The number of nitrogens with zero attached hydrogens (tertiary/aromatic N) is 1. The maximum Gasteiger partial charge on any atom is 0.0701 e. The van der Waals surface area contributed by atoms with Crippen LogP contribution in [0.15, 0.2) is 65.5 Å². The molecular weight excluding hydrogens is 202 g/mol. The van der Waals surface area contributed by atoms with E-state index in [0.29, 0.717) is 0 Å². The van der Waals surface area contributed by atoms with Gasteiger partial charge in [-0.3, -0.25) is 4.98 Å². The van der Waals surface area contributed by atoms with Crippen molar-refractivity contribution in [3.05, 3.63) is 65.5 Å². The predicted octanol–water partition coefficient (Wildman–Crippen LogP) is 3.98. The topological polar surface area (TPSA) is 12.9 Å². The van der Waals surface area contributed by atoms with Crippen LogP contribution in [0.5, 0.6) is 0 Å². The number of para-hydroxylation sites is 1. The Labute approximate surface area is 93.0 Å². The van der Waals surface area contributed by atoms with E-state index < -0.39 is 0 Å². The van der Waals surface area contributed by atoms with Crippen LogP contribution < -0.4 is 0 Å². The first kappa shape index (κ1) is 9.87. The fraction of sp³-hybridized carbons (Fsp3) is 0. The van der Waals surface area contributed by atoms with Crippen molar-refractivity contribution in [2.24, 2.45) is 0 Å². The fourth-order valence-electron chi connectivity index (χ4n) is 1.24. The number of fused-ring (bicyclic) bond motifs is 1. The maximum atomic E-state index is 4.18. The minimum Gasteiger partial charge on any atom is -0.256 e. The summed E-state index contributed by atoms with van der Waals surface area (Å²) in [7, 11) is 0. The zero-order valence-corrected chi connectivity index (χ0v) is 9.02. The Hall–Kier alpha value is -1.67. The first-order valence-electron chi connectivity index (χ1n) is 4.74. The zero-order chi connectivity index (χ0) is 10.3. The number of pyridine rings is 1. The van der Waals surface area contributed by atoms with Crippen LogP contribution in [-0.2, 0) is 0 Å². The van der Waals surface area contributed by atoms with Gasteiger partial charge < -0.3 is 0 Å². The Balaban J connectivity index is 0.000000144. The Kier molecular flexibility index (Phi) is 3.47. The van der Waals surface area contributed by atoms with Crippen LogP contribution in [0.3, 0.4) is 0 Å². The minimum atomic E-state index is 1.06. The van der Waals surface area contributed by atoms with Crippen LogP contribution in [0.25, 0.3) is 10.9 Å². The summed E-state index contributed by atoms with van der Waals surface area (Å²) in [6.07, 6.45) is 1.81. The van der Waals surface area contributed by atoms with Crippen LogP contribution in [0.2, 0.25) is 0 Å². The molecule has 0 aliphatic rings. The van der Waals surface area contributed by atoms with Crippen molar-refractivity contribution in [3.8, 4) is 0 Å². The minimum absolute atomic E-state index is 1.06. The summed E-state index contributed by atoms with van der Waals surface area (Å²) >= 11 is 1.71. The lowest BCUT2D eigenvalue weighted by Gasteiger charge is -1.91. The average molecular weight is 213 g/mol. The summed E-state index contributed by atoms with van der Waals surface area (Å²) in [6, 6.07) is 16.1. The smallest absolute Gasteiger partial charge is 0.0701 e. The van der Waals surface area contributed by atoms with Gasteiger partial charge in [-0.15, -0.1) is 0 Å². The van der Waals surface area contributed by atoms with Gasteiger partial charge in [0, 0.05) is 11.6 Å². The number of benzene rings is 1. The third kappa shape index (κ3) is 2.89. The molecule has 0 aliphatic carbocycles. The lowest BCUT2D eigenvalue weighted by molar-refractivity contribution is 1.41. The molecule has 1 nitrogen and oxygen atoms in total.